The summed E-state index contributed by atoms with van der Waals surface area (Å²) >= 11 is 0. The molecule has 0 saturated heterocycles. The number of hydrogen-bond acceptors (Lipinski definition) is 4. The number of carbonyl (C=O) groups is 1. The van der Waals surface area contributed by atoms with Gasteiger partial charge in [-0.15, -0.1) is 4.91 Å². The van der Waals surface area contributed by atoms with Crippen LogP contribution in [0.3, 0.4) is 0 Å². The zero-order chi connectivity index (χ0) is 8.97. The molecule has 0 aliphatic carbocycles. The summed E-state index contributed by atoms with van der Waals surface area (Å²) in [5.41, 5.74) is 0.549. The number of nitrogens with zero attached hydrogens (tertiary/aromatic N) is 1. The minimum absolute atomic E-state index is 0.141. The lowest BCUT2D eigenvalue weighted by Crippen LogP contribution is -1.85. The van der Waals surface area contributed by atoms with Gasteiger partial charge in [0.05, 0.1) is 7.11 Å². The van der Waals surface area contributed by atoms with Crippen LogP contribution < -0.4 is 4.74 Å². The van der Waals surface area contributed by atoms with E-state index >= 15 is 0 Å². The SMILES string of the molecule is COc1ccc(C=O)cc1N=O. The van der Waals surface area contributed by atoms with E-state index in [9.17, 15) is 9.70 Å². The Bertz CT molecular complexity index is 309. The summed E-state index contributed by atoms with van der Waals surface area (Å²) in [5, 5.41) is 2.72. The summed E-state index contributed by atoms with van der Waals surface area (Å²) in [6.45, 7) is 0. The van der Waals surface area contributed by atoms with Crippen LogP contribution in [0.15, 0.2) is 23.4 Å². The molecule has 0 aliphatic heterocycles. The molecule has 1 aromatic rings. The average molecular weight is 165 g/mol. The molecule has 0 N–H and O–H groups in total. The average Bonchev–Trinajstić information content (AvgIpc) is 2.16. The maximum atomic E-state index is 10.3. The second kappa shape index (κ2) is 3.61. The highest BCUT2D eigenvalue weighted by atomic mass is 16.5. The highest BCUT2D eigenvalue weighted by Gasteiger charge is 2.03. The topological polar surface area (TPSA) is 55.7 Å². The monoisotopic (exact) mass is 165 g/mol. The Kier molecular flexibility index (Phi) is 2.53. The molecule has 4 nitrogen and oxygen atoms in total. The lowest BCUT2D eigenvalue weighted by atomic mass is 10.2. The van der Waals surface area contributed by atoms with Gasteiger partial charge in [0, 0.05) is 5.56 Å². The van der Waals surface area contributed by atoms with Gasteiger partial charge in [-0.2, -0.15) is 0 Å². The molecule has 0 aliphatic rings. The van der Waals surface area contributed by atoms with Crippen LogP contribution in [0, 0.1) is 4.91 Å². The van der Waals surface area contributed by atoms with Crippen LogP contribution in [0.25, 0.3) is 0 Å². The molecular weight excluding hydrogens is 158 g/mol. The van der Waals surface area contributed by atoms with Crippen molar-refractivity contribution in [1.29, 1.82) is 0 Å². The van der Waals surface area contributed by atoms with Gasteiger partial charge in [-0.1, -0.05) is 0 Å². The maximum Gasteiger partial charge on any atom is 0.150 e. The minimum atomic E-state index is 0.141. The van der Waals surface area contributed by atoms with E-state index in [0.29, 0.717) is 17.6 Å². The lowest BCUT2D eigenvalue weighted by molar-refractivity contribution is 0.112. The van der Waals surface area contributed by atoms with E-state index in [0.717, 1.165) is 0 Å². The first kappa shape index (κ1) is 8.39. The smallest absolute Gasteiger partial charge is 0.150 e. The number of nitroso groups, excluding NO2 is 1. The van der Waals surface area contributed by atoms with Crippen LogP contribution in [0.4, 0.5) is 5.69 Å². The summed E-state index contributed by atoms with van der Waals surface area (Å²) in [5.74, 6) is 0.371. The number of hydrogen-bond donors (Lipinski definition) is 0. The largest absolute Gasteiger partial charge is 0.494 e. The number of benzene rings is 1. The van der Waals surface area contributed by atoms with Crippen LogP contribution in [0.5, 0.6) is 5.75 Å². The summed E-state index contributed by atoms with van der Waals surface area (Å²) < 4.78 is 4.83. The maximum absolute atomic E-state index is 10.3. The van der Waals surface area contributed by atoms with Crippen molar-refractivity contribution >= 4 is 12.0 Å². The Morgan fingerprint density at radius 2 is 2.25 bits per heavy atom. The fourth-order valence-electron chi connectivity index (χ4n) is 0.852. The Hall–Kier alpha value is -1.71. The van der Waals surface area contributed by atoms with Gasteiger partial charge < -0.3 is 4.74 Å². The van der Waals surface area contributed by atoms with Crippen molar-refractivity contribution in [3.8, 4) is 5.75 Å². The molecule has 62 valence electrons. The number of carbonyl (C=O) groups excluding carboxylic acids is 1. The lowest BCUT2D eigenvalue weighted by Gasteiger charge is -2.00. The van der Waals surface area contributed by atoms with Crippen molar-refractivity contribution in [2.75, 3.05) is 7.11 Å². The number of aldehydes is 1. The zero-order valence-electron chi connectivity index (χ0n) is 6.48. The van der Waals surface area contributed by atoms with E-state index in [-0.39, 0.29) is 5.69 Å². The third kappa shape index (κ3) is 1.47. The van der Waals surface area contributed by atoms with Crippen LogP contribution >= 0.6 is 0 Å². The van der Waals surface area contributed by atoms with Crippen molar-refractivity contribution < 1.29 is 9.53 Å². The van der Waals surface area contributed by atoms with Gasteiger partial charge in [0.15, 0.2) is 5.69 Å². The fraction of sp³-hybridized carbons (Fsp3) is 0.125. The van der Waals surface area contributed by atoms with E-state index in [4.69, 9.17) is 4.74 Å². The molecule has 0 aromatic heterocycles. The zero-order valence-corrected chi connectivity index (χ0v) is 6.48. The Morgan fingerprint density at radius 3 is 2.75 bits per heavy atom. The fourth-order valence-corrected chi connectivity index (χ4v) is 0.852. The molecule has 0 atom stereocenters. The predicted octanol–water partition coefficient (Wildman–Crippen LogP) is 1.91. The second-order valence-electron chi connectivity index (χ2n) is 2.14. The quantitative estimate of drug-likeness (QED) is 0.507. The molecule has 1 aromatic carbocycles. The molecule has 0 fully saturated rings. The molecule has 0 unspecified atom stereocenters. The minimum Gasteiger partial charge on any atom is -0.494 e. The molecule has 12 heavy (non-hydrogen) atoms. The Morgan fingerprint density at radius 1 is 1.50 bits per heavy atom. The standard InChI is InChI=1S/C8H7NO3/c1-12-8-3-2-6(5-10)4-7(8)9-11/h2-5H,1H3. The second-order valence-corrected chi connectivity index (χ2v) is 2.14. The van der Waals surface area contributed by atoms with E-state index in [1.165, 1.54) is 19.2 Å². The first-order valence-corrected chi connectivity index (χ1v) is 3.28. The van der Waals surface area contributed by atoms with Crippen LogP contribution in [0.2, 0.25) is 0 Å². The summed E-state index contributed by atoms with van der Waals surface area (Å²) in [7, 11) is 1.44. The van der Waals surface area contributed by atoms with Crippen molar-refractivity contribution in [3.05, 3.63) is 28.7 Å². The van der Waals surface area contributed by atoms with Gasteiger partial charge >= 0.3 is 0 Å². The van der Waals surface area contributed by atoms with Crippen molar-refractivity contribution in [2.24, 2.45) is 5.18 Å². The van der Waals surface area contributed by atoms with E-state index < -0.39 is 0 Å². The van der Waals surface area contributed by atoms with Gasteiger partial charge in [-0.05, 0) is 23.4 Å². The number of methoxy groups -OCH3 is 1. The molecule has 1 rings (SSSR count). The van der Waals surface area contributed by atoms with Crippen molar-refractivity contribution in [2.45, 2.75) is 0 Å². The molecule has 4 heteroatoms. The Labute approximate surface area is 69.1 Å². The number of ether oxygens (including phenoxy) is 1. The third-order valence-electron chi connectivity index (χ3n) is 1.44. The molecule has 0 radical (unpaired) electrons. The normalized spacial score (nSPS) is 9.08. The molecule has 0 bridgehead atoms. The van der Waals surface area contributed by atoms with Gasteiger partial charge in [0.25, 0.3) is 0 Å². The predicted molar refractivity (Wildman–Crippen MR) is 43.8 cm³/mol. The molecule has 0 spiro atoms. The number of rotatable bonds is 3. The van der Waals surface area contributed by atoms with Gasteiger partial charge in [-0.25, -0.2) is 0 Å². The highest BCUT2D eigenvalue weighted by Crippen LogP contribution is 2.27. The van der Waals surface area contributed by atoms with Crippen LogP contribution in [-0.2, 0) is 0 Å². The van der Waals surface area contributed by atoms with Crippen molar-refractivity contribution in [3.63, 3.8) is 0 Å². The third-order valence-corrected chi connectivity index (χ3v) is 1.44. The van der Waals surface area contributed by atoms with Gasteiger partial charge in [-0.3, -0.25) is 4.79 Å². The van der Waals surface area contributed by atoms with Crippen LogP contribution in [-0.4, -0.2) is 13.4 Å². The van der Waals surface area contributed by atoms with E-state index in [1.54, 1.807) is 6.07 Å². The van der Waals surface area contributed by atoms with Gasteiger partial charge in [0.1, 0.15) is 12.0 Å². The van der Waals surface area contributed by atoms with E-state index in [1.807, 2.05) is 0 Å². The van der Waals surface area contributed by atoms with Crippen LogP contribution in [0.1, 0.15) is 10.4 Å². The molecule has 0 saturated carbocycles. The molecule has 0 amide bonds. The van der Waals surface area contributed by atoms with E-state index in [2.05, 4.69) is 5.18 Å². The highest BCUT2D eigenvalue weighted by molar-refractivity contribution is 5.77. The first-order chi connectivity index (χ1) is 5.81. The van der Waals surface area contributed by atoms with Crippen molar-refractivity contribution in [1.82, 2.24) is 0 Å². The summed E-state index contributed by atoms with van der Waals surface area (Å²) in [6.07, 6.45) is 0.647. The summed E-state index contributed by atoms with van der Waals surface area (Å²) in [6, 6.07) is 4.46. The molecule has 0 heterocycles. The van der Waals surface area contributed by atoms with Gasteiger partial charge in [0.2, 0.25) is 0 Å². The Balaban J connectivity index is 3.18. The molecular formula is C8H7NO3. The summed E-state index contributed by atoms with van der Waals surface area (Å²) in [4.78, 5) is 20.5. The first-order valence-electron chi connectivity index (χ1n) is 3.28.